The minimum absolute atomic E-state index is 1.06. The number of rotatable bonds is 1. The Kier molecular flexibility index (Phi) is 3.29. The van der Waals surface area contributed by atoms with E-state index in [0.717, 1.165) is 11.2 Å². The lowest BCUT2D eigenvalue weighted by Gasteiger charge is -2.12. The van der Waals surface area contributed by atoms with Crippen LogP contribution in [0.15, 0.2) is 36.4 Å². The van der Waals surface area contributed by atoms with Gasteiger partial charge >= 0.3 is 0 Å². The van der Waals surface area contributed by atoms with Gasteiger partial charge < -0.3 is 0 Å². The summed E-state index contributed by atoms with van der Waals surface area (Å²) in [7, 11) is 0. The van der Waals surface area contributed by atoms with E-state index < -0.39 is 0 Å². The maximum atomic E-state index is 4.89. The first-order valence-electron chi connectivity index (χ1n) is 7.42. The third-order valence-electron chi connectivity index (χ3n) is 4.22. The van der Waals surface area contributed by atoms with Gasteiger partial charge in [0.05, 0.1) is 11.2 Å². The maximum absolute atomic E-state index is 4.89. The summed E-state index contributed by atoms with van der Waals surface area (Å²) < 4.78 is 0. The molecule has 0 spiro atoms. The van der Waals surface area contributed by atoms with Gasteiger partial charge in [-0.25, -0.2) is 4.98 Å². The van der Waals surface area contributed by atoms with Crippen LogP contribution in [0.5, 0.6) is 0 Å². The summed E-state index contributed by atoms with van der Waals surface area (Å²) in [6.07, 6.45) is 0. The van der Waals surface area contributed by atoms with Crippen LogP contribution in [-0.2, 0) is 0 Å². The Labute approximate surface area is 126 Å². The Morgan fingerprint density at radius 1 is 0.714 bits per heavy atom. The van der Waals surface area contributed by atoms with Crippen molar-refractivity contribution in [2.24, 2.45) is 0 Å². The van der Waals surface area contributed by atoms with E-state index in [9.17, 15) is 0 Å². The summed E-state index contributed by atoms with van der Waals surface area (Å²) in [4.78, 5) is 4.89. The van der Waals surface area contributed by atoms with Crippen LogP contribution in [0.2, 0.25) is 0 Å². The van der Waals surface area contributed by atoms with E-state index in [4.69, 9.17) is 4.98 Å². The van der Waals surface area contributed by atoms with Gasteiger partial charge in [0, 0.05) is 10.9 Å². The van der Waals surface area contributed by atoms with Gasteiger partial charge in [-0.3, -0.25) is 0 Å². The molecule has 21 heavy (non-hydrogen) atoms. The highest BCUT2D eigenvalue weighted by molar-refractivity contribution is 5.88. The summed E-state index contributed by atoms with van der Waals surface area (Å²) in [6.45, 7) is 10.8. The van der Waals surface area contributed by atoms with E-state index in [1.54, 1.807) is 0 Å². The number of aromatic nitrogens is 1. The minimum atomic E-state index is 1.06. The van der Waals surface area contributed by atoms with Gasteiger partial charge in [0.1, 0.15) is 0 Å². The predicted molar refractivity (Wildman–Crippen MR) is 90.9 cm³/mol. The quantitative estimate of drug-likeness (QED) is 0.576. The first-order valence-corrected chi connectivity index (χ1v) is 7.42. The van der Waals surface area contributed by atoms with E-state index in [2.05, 4.69) is 71.0 Å². The van der Waals surface area contributed by atoms with Gasteiger partial charge in [-0.1, -0.05) is 23.3 Å². The van der Waals surface area contributed by atoms with Crippen molar-refractivity contribution >= 4 is 10.9 Å². The standard InChI is InChI=1S/C20H21N/c1-12-8-13(2)10-17(9-12)19-11-15(4)20-16(5)14(3)6-7-18(20)21-19/h6-11H,1-5H3. The molecule has 1 heterocycles. The summed E-state index contributed by atoms with van der Waals surface area (Å²) in [5.74, 6) is 0. The van der Waals surface area contributed by atoms with Crippen molar-refractivity contribution in [2.75, 3.05) is 0 Å². The fraction of sp³-hybridized carbons (Fsp3) is 0.250. The van der Waals surface area contributed by atoms with Gasteiger partial charge in [0.25, 0.3) is 0 Å². The molecule has 2 aromatic carbocycles. The molecule has 0 saturated carbocycles. The fourth-order valence-corrected chi connectivity index (χ4v) is 3.10. The molecule has 1 heteroatoms. The first-order chi connectivity index (χ1) is 9.95. The molecular formula is C20H21N. The topological polar surface area (TPSA) is 12.9 Å². The minimum Gasteiger partial charge on any atom is -0.248 e. The third kappa shape index (κ3) is 2.44. The van der Waals surface area contributed by atoms with Crippen LogP contribution < -0.4 is 0 Å². The van der Waals surface area contributed by atoms with E-state index in [0.29, 0.717) is 0 Å². The van der Waals surface area contributed by atoms with Crippen LogP contribution in [0.25, 0.3) is 22.2 Å². The van der Waals surface area contributed by atoms with Gasteiger partial charge in [-0.15, -0.1) is 0 Å². The lowest BCUT2D eigenvalue weighted by atomic mass is 9.97. The fourth-order valence-electron chi connectivity index (χ4n) is 3.10. The average molecular weight is 275 g/mol. The van der Waals surface area contributed by atoms with Gasteiger partial charge in [-0.2, -0.15) is 0 Å². The van der Waals surface area contributed by atoms with E-state index in [1.165, 1.54) is 38.8 Å². The molecular weight excluding hydrogens is 254 g/mol. The molecule has 0 amide bonds. The van der Waals surface area contributed by atoms with Crippen LogP contribution >= 0.6 is 0 Å². The summed E-state index contributed by atoms with van der Waals surface area (Å²) in [6, 6.07) is 13.1. The number of aryl methyl sites for hydroxylation is 5. The molecule has 0 fully saturated rings. The smallest absolute Gasteiger partial charge is 0.0715 e. The van der Waals surface area contributed by atoms with Gasteiger partial charge in [0.15, 0.2) is 0 Å². The van der Waals surface area contributed by atoms with E-state index in [1.807, 2.05) is 0 Å². The number of benzene rings is 2. The summed E-state index contributed by atoms with van der Waals surface area (Å²) in [5.41, 5.74) is 9.89. The molecule has 0 aliphatic heterocycles. The third-order valence-corrected chi connectivity index (χ3v) is 4.22. The van der Waals surface area contributed by atoms with Crippen molar-refractivity contribution in [3.8, 4) is 11.3 Å². The van der Waals surface area contributed by atoms with Crippen molar-refractivity contribution in [2.45, 2.75) is 34.6 Å². The highest BCUT2D eigenvalue weighted by Gasteiger charge is 2.09. The Morgan fingerprint density at radius 3 is 2.05 bits per heavy atom. The first kappa shape index (κ1) is 13.8. The van der Waals surface area contributed by atoms with Crippen LogP contribution in [0.3, 0.4) is 0 Å². The number of pyridine rings is 1. The zero-order valence-corrected chi connectivity index (χ0v) is 13.4. The van der Waals surface area contributed by atoms with Crippen molar-refractivity contribution in [3.63, 3.8) is 0 Å². The molecule has 1 aromatic heterocycles. The van der Waals surface area contributed by atoms with Crippen molar-refractivity contribution in [1.82, 2.24) is 4.98 Å². The van der Waals surface area contributed by atoms with Crippen LogP contribution in [0.4, 0.5) is 0 Å². The number of fused-ring (bicyclic) bond motifs is 1. The molecule has 0 N–H and O–H groups in total. The largest absolute Gasteiger partial charge is 0.248 e. The zero-order valence-electron chi connectivity index (χ0n) is 13.4. The van der Waals surface area contributed by atoms with Crippen molar-refractivity contribution in [1.29, 1.82) is 0 Å². The molecule has 3 aromatic rings. The molecule has 1 nitrogen and oxygen atoms in total. The highest BCUT2D eigenvalue weighted by Crippen LogP contribution is 2.28. The molecule has 0 saturated heterocycles. The SMILES string of the molecule is Cc1cc(C)cc(-c2cc(C)c3c(C)c(C)ccc3n2)c1. The summed E-state index contributed by atoms with van der Waals surface area (Å²) >= 11 is 0. The highest BCUT2D eigenvalue weighted by atomic mass is 14.7. The van der Waals surface area contributed by atoms with Gasteiger partial charge in [-0.05, 0) is 75.6 Å². The molecule has 0 aliphatic carbocycles. The summed E-state index contributed by atoms with van der Waals surface area (Å²) in [5, 5.41) is 1.29. The molecule has 0 unspecified atom stereocenters. The second-order valence-electron chi connectivity index (χ2n) is 6.10. The molecule has 0 atom stereocenters. The monoisotopic (exact) mass is 275 g/mol. The number of nitrogens with zero attached hydrogens (tertiary/aromatic N) is 1. The van der Waals surface area contributed by atoms with Crippen LogP contribution in [0.1, 0.15) is 27.8 Å². The molecule has 106 valence electrons. The van der Waals surface area contributed by atoms with Crippen molar-refractivity contribution in [3.05, 3.63) is 64.2 Å². The Hall–Kier alpha value is -2.15. The average Bonchev–Trinajstić information content (AvgIpc) is 2.41. The zero-order chi connectivity index (χ0) is 15.1. The normalized spacial score (nSPS) is 11.1. The Balaban J connectivity index is 2.28. The van der Waals surface area contributed by atoms with Crippen LogP contribution in [0, 0.1) is 34.6 Å². The lowest BCUT2D eigenvalue weighted by molar-refractivity contribution is 1.30. The molecule has 0 radical (unpaired) electrons. The molecule has 3 rings (SSSR count). The van der Waals surface area contributed by atoms with Gasteiger partial charge in [0.2, 0.25) is 0 Å². The second-order valence-corrected chi connectivity index (χ2v) is 6.10. The van der Waals surface area contributed by atoms with Crippen LogP contribution in [-0.4, -0.2) is 4.98 Å². The van der Waals surface area contributed by atoms with E-state index >= 15 is 0 Å². The predicted octanol–water partition coefficient (Wildman–Crippen LogP) is 5.44. The van der Waals surface area contributed by atoms with Crippen molar-refractivity contribution < 1.29 is 0 Å². The maximum Gasteiger partial charge on any atom is 0.0715 e. The lowest BCUT2D eigenvalue weighted by Crippen LogP contribution is -1.93. The number of hydrogen-bond acceptors (Lipinski definition) is 1. The Bertz CT molecular complexity index is 824. The Morgan fingerprint density at radius 2 is 1.38 bits per heavy atom. The molecule has 0 bridgehead atoms. The number of hydrogen-bond donors (Lipinski definition) is 0. The second kappa shape index (κ2) is 5.00. The van der Waals surface area contributed by atoms with E-state index in [-0.39, 0.29) is 0 Å². The molecule has 0 aliphatic rings.